The molecule has 1 unspecified atom stereocenters. The molecule has 0 fully saturated rings. The molecular formula is C12H16O3. The first kappa shape index (κ1) is 11.7. The van der Waals surface area contributed by atoms with Gasteiger partial charge in [-0.2, -0.15) is 0 Å². The summed E-state index contributed by atoms with van der Waals surface area (Å²) in [6.07, 6.45) is 0.925. The fourth-order valence-corrected chi connectivity index (χ4v) is 1.20. The lowest BCUT2D eigenvalue weighted by Crippen LogP contribution is -2.16. The van der Waals surface area contributed by atoms with Crippen LogP contribution in [-0.2, 0) is 0 Å². The van der Waals surface area contributed by atoms with Crippen LogP contribution in [0.5, 0.6) is 5.75 Å². The highest BCUT2D eigenvalue weighted by molar-refractivity contribution is 5.79. The number of carbonyl (C=O) groups is 1. The minimum Gasteiger partial charge on any atom is -0.490 e. The van der Waals surface area contributed by atoms with Gasteiger partial charge >= 0.3 is 0 Å². The molecule has 1 rings (SSSR count). The average molecular weight is 208 g/mol. The molecule has 0 saturated carbocycles. The van der Waals surface area contributed by atoms with Crippen molar-refractivity contribution >= 4 is 6.29 Å². The number of aliphatic hydroxyl groups is 1. The Kier molecular flexibility index (Phi) is 4.31. The second kappa shape index (κ2) is 5.51. The predicted octanol–water partition coefficient (Wildman–Crippen LogP) is 1.96. The first-order valence-corrected chi connectivity index (χ1v) is 5.04. The van der Waals surface area contributed by atoms with E-state index in [0.717, 1.165) is 11.8 Å². The normalized spacial score (nSPS) is 12.2. The SMILES string of the molecule is CCC(O)COc1ccc(C)cc1C=O. The van der Waals surface area contributed by atoms with E-state index in [1.54, 1.807) is 12.1 Å². The summed E-state index contributed by atoms with van der Waals surface area (Å²) in [5.74, 6) is 0.531. The Morgan fingerprint density at radius 3 is 2.87 bits per heavy atom. The smallest absolute Gasteiger partial charge is 0.153 e. The summed E-state index contributed by atoms with van der Waals surface area (Å²) < 4.78 is 5.35. The Morgan fingerprint density at radius 2 is 2.27 bits per heavy atom. The van der Waals surface area contributed by atoms with E-state index in [0.29, 0.717) is 17.7 Å². The molecule has 1 atom stereocenters. The van der Waals surface area contributed by atoms with Crippen molar-refractivity contribution < 1.29 is 14.6 Å². The summed E-state index contributed by atoms with van der Waals surface area (Å²) >= 11 is 0. The zero-order chi connectivity index (χ0) is 11.3. The van der Waals surface area contributed by atoms with Gasteiger partial charge in [-0.15, -0.1) is 0 Å². The maximum absolute atomic E-state index is 10.8. The molecule has 0 heterocycles. The van der Waals surface area contributed by atoms with Crippen LogP contribution < -0.4 is 4.74 Å². The fourth-order valence-electron chi connectivity index (χ4n) is 1.20. The van der Waals surface area contributed by atoms with Crippen LogP contribution in [0.25, 0.3) is 0 Å². The number of carbonyl (C=O) groups excluding carboxylic acids is 1. The molecule has 0 saturated heterocycles. The molecule has 0 spiro atoms. The van der Waals surface area contributed by atoms with Gasteiger partial charge in [-0.3, -0.25) is 4.79 Å². The number of aldehydes is 1. The third kappa shape index (κ3) is 3.36. The lowest BCUT2D eigenvalue weighted by molar-refractivity contribution is 0.101. The number of hydrogen-bond donors (Lipinski definition) is 1. The van der Waals surface area contributed by atoms with Crippen LogP contribution in [0.1, 0.15) is 29.3 Å². The lowest BCUT2D eigenvalue weighted by atomic mass is 10.1. The molecule has 0 aliphatic rings. The van der Waals surface area contributed by atoms with Crippen LogP contribution >= 0.6 is 0 Å². The molecule has 1 aromatic rings. The van der Waals surface area contributed by atoms with Gasteiger partial charge < -0.3 is 9.84 Å². The number of rotatable bonds is 5. The van der Waals surface area contributed by atoms with E-state index in [9.17, 15) is 9.90 Å². The molecule has 3 heteroatoms. The van der Waals surface area contributed by atoms with Gasteiger partial charge in [-0.1, -0.05) is 18.6 Å². The minimum atomic E-state index is -0.481. The van der Waals surface area contributed by atoms with Gasteiger partial charge in [-0.25, -0.2) is 0 Å². The molecule has 0 amide bonds. The van der Waals surface area contributed by atoms with E-state index in [1.165, 1.54) is 0 Å². The minimum absolute atomic E-state index is 0.223. The number of aryl methyl sites for hydroxylation is 1. The van der Waals surface area contributed by atoms with Crippen LogP contribution in [0, 0.1) is 6.92 Å². The maximum Gasteiger partial charge on any atom is 0.153 e. The number of ether oxygens (including phenoxy) is 1. The molecule has 1 N–H and O–H groups in total. The second-order valence-electron chi connectivity index (χ2n) is 3.53. The van der Waals surface area contributed by atoms with Gasteiger partial charge in [0.05, 0.1) is 11.7 Å². The fraction of sp³-hybridized carbons (Fsp3) is 0.417. The van der Waals surface area contributed by atoms with Gasteiger partial charge in [0.2, 0.25) is 0 Å². The lowest BCUT2D eigenvalue weighted by Gasteiger charge is -2.12. The number of aliphatic hydroxyl groups excluding tert-OH is 1. The Balaban J connectivity index is 2.72. The molecule has 82 valence electrons. The van der Waals surface area contributed by atoms with Crippen molar-refractivity contribution in [3.8, 4) is 5.75 Å². The summed E-state index contributed by atoms with van der Waals surface area (Å²) in [7, 11) is 0. The van der Waals surface area contributed by atoms with Crippen molar-refractivity contribution in [3.63, 3.8) is 0 Å². The highest BCUT2D eigenvalue weighted by Crippen LogP contribution is 2.18. The third-order valence-electron chi connectivity index (χ3n) is 2.19. The Labute approximate surface area is 89.7 Å². The predicted molar refractivity (Wildman–Crippen MR) is 58.4 cm³/mol. The first-order chi connectivity index (χ1) is 7.17. The monoisotopic (exact) mass is 208 g/mol. The standard InChI is InChI=1S/C12H16O3/c1-3-11(14)8-15-12-5-4-9(2)6-10(12)7-13/h4-7,11,14H,3,8H2,1-2H3. The van der Waals surface area contributed by atoms with Crippen molar-refractivity contribution in [1.82, 2.24) is 0 Å². The van der Waals surface area contributed by atoms with Gasteiger partial charge in [0, 0.05) is 0 Å². The Morgan fingerprint density at radius 1 is 1.53 bits per heavy atom. The second-order valence-corrected chi connectivity index (χ2v) is 3.53. The van der Waals surface area contributed by atoms with Crippen LogP contribution in [-0.4, -0.2) is 24.1 Å². The van der Waals surface area contributed by atoms with Gasteiger partial charge in [0.15, 0.2) is 6.29 Å². The molecule has 0 radical (unpaired) electrons. The quantitative estimate of drug-likeness (QED) is 0.752. The van der Waals surface area contributed by atoms with Crippen molar-refractivity contribution in [1.29, 1.82) is 0 Å². The molecule has 0 aliphatic heterocycles. The van der Waals surface area contributed by atoms with Crippen molar-refractivity contribution in [2.45, 2.75) is 26.4 Å². The molecular weight excluding hydrogens is 192 g/mol. The van der Waals surface area contributed by atoms with Crippen LogP contribution in [0.4, 0.5) is 0 Å². The van der Waals surface area contributed by atoms with E-state index in [1.807, 2.05) is 19.9 Å². The molecule has 15 heavy (non-hydrogen) atoms. The molecule has 0 aromatic heterocycles. The first-order valence-electron chi connectivity index (χ1n) is 5.04. The van der Waals surface area contributed by atoms with E-state index in [4.69, 9.17) is 4.74 Å². The summed E-state index contributed by atoms with van der Waals surface area (Å²) in [5.41, 5.74) is 1.54. The average Bonchev–Trinajstić information content (AvgIpc) is 2.26. The van der Waals surface area contributed by atoms with Crippen molar-refractivity contribution in [2.75, 3.05) is 6.61 Å². The van der Waals surface area contributed by atoms with E-state index < -0.39 is 6.10 Å². The van der Waals surface area contributed by atoms with Gasteiger partial charge in [-0.05, 0) is 25.5 Å². The van der Waals surface area contributed by atoms with Crippen LogP contribution in [0.3, 0.4) is 0 Å². The largest absolute Gasteiger partial charge is 0.490 e. The Hall–Kier alpha value is -1.35. The van der Waals surface area contributed by atoms with Crippen molar-refractivity contribution in [2.24, 2.45) is 0 Å². The summed E-state index contributed by atoms with van der Waals surface area (Å²) in [6.45, 7) is 4.02. The molecule has 3 nitrogen and oxygen atoms in total. The van der Waals surface area contributed by atoms with E-state index in [2.05, 4.69) is 0 Å². The summed E-state index contributed by atoms with van der Waals surface area (Å²) in [5, 5.41) is 9.32. The maximum atomic E-state index is 10.8. The topological polar surface area (TPSA) is 46.5 Å². The van der Waals surface area contributed by atoms with E-state index >= 15 is 0 Å². The summed E-state index contributed by atoms with van der Waals surface area (Å²) in [4.78, 5) is 10.8. The highest BCUT2D eigenvalue weighted by atomic mass is 16.5. The Bertz CT molecular complexity index is 334. The number of hydrogen-bond acceptors (Lipinski definition) is 3. The zero-order valence-corrected chi connectivity index (χ0v) is 9.06. The summed E-state index contributed by atoms with van der Waals surface area (Å²) in [6, 6.07) is 5.39. The van der Waals surface area contributed by atoms with Crippen LogP contribution in [0.2, 0.25) is 0 Å². The van der Waals surface area contributed by atoms with Crippen molar-refractivity contribution in [3.05, 3.63) is 29.3 Å². The zero-order valence-electron chi connectivity index (χ0n) is 9.06. The van der Waals surface area contributed by atoms with Gasteiger partial charge in [0.25, 0.3) is 0 Å². The molecule has 0 aliphatic carbocycles. The molecule has 1 aromatic carbocycles. The third-order valence-corrected chi connectivity index (χ3v) is 2.19. The van der Waals surface area contributed by atoms with Gasteiger partial charge in [0.1, 0.15) is 12.4 Å². The number of benzene rings is 1. The van der Waals surface area contributed by atoms with E-state index in [-0.39, 0.29) is 6.61 Å². The highest BCUT2D eigenvalue weighted by Gasteiger charge is 2.06. The molecule has 0 bridgehead atoms. The van der Waals surface area contributed by atoms with Crippen LogP contribution in [0.15, 0.2) is 18.2 Å².